The molecule has 5 rings (SSSR count). The fraction of sp³-hybridized carbons (Fsp3) is 0.350. The molecule has 0 saturated heterocycles. The van der Waals surface area contributed by atoms with Gasteiger partial charge in [-0.3, -0.25) is 0 Å². The SMILES string of the molecule is Cc1nc(CCn2ccnc2-c2cnn3cccnc23)nc2c1CCCC2. The van der Waals surface area contributed by atoms with Crippen molar-refractivity contribution in [3.8, 4) is 11.4 Å². The van der Waals surface area contributed by atoms with Gasteiger partial charge in [0.05, 0.1) is 11.8 Å². The van der Waals surface area contributed by atoms with Crippen LogP contribution in [0.4, 0.5) is 0 Å². The maximum Gasteiger partial charge on any atom is 0.165 e. The first-order valence-corrected chi connectivity index (χ1v) is 9.45. The van der Waals surface area contributed by atoms with E-state index < -0.39 is 0 Å². The second-order valence-corrected chi connectivity index (χ2v) is 7.00. The van der Waals surface area contributed by atoms with Gasteiger partial charge in [0, 0.05) is 49.1 Å². The van der Waals surface area contributed by atoms with Crippen molar-refractivity contribution in [2.75, 3.05) is 0 Å². The van der Waals surface area contributed by atoms with E-state index in [0.717, 1.165) is 54.4 Å². The van der Waals surface area contributed by atoms with Crippen molar-refractivity contribution in [1.82, 2.24) is 34.1 Å². The fourth-order valence-corrected chi connectivity index (χ4v) is 3.90. The van der Waals surface area contributed by atoms with Crippen LogP contribution < -0.4 is 0 Å². The van der Waals surface area contributed by atoms with E-state index >= 15 is 0 Å². The first-order valence-electron chi connectivity index (χ1n) is 9.45. The van der Waals surface area contributed by atoms with E-state index in [0.29, 0.717) is 0 Å². The molecular formula is C20H21N7. The summed E-state index contributed by atoms with van der Waals surface area (Å²) in [5.41, 5.74) is 5.51. The van der Waals surface area contributed by atoms with E-state index in [4.69, 9.17) is 9.97 Å². The molecule has 0 amide bonds. The number of fused-ring (bicyclic) bond motifs is 2. The second kappa shape index (κ2) is 6.57. The van der Waals surface area contributed by atoms with Crippen LogP contribution in [0.2, 0.25) is 0 Å². The molecule has 0 saturated carbocycles. The summed E-state index contributed by atoms with van der Waals surface area (Å²) in [7, 11) is 0. The highest BCUT2D eigenvalue weighted by Gasteiger charge is 2.16. The van der Waals surface area contributed by atoms with E-state index in [-0.39, 0.29) is 0 Å². The van der Waals surface area contributed by atoms with Crippen molar-refractivity contribution in [2.24, 2.45) is 0 Å². The molecule has 0 aliphatic heterocycles. The highest BCUT2D eigenvalue weighted by molar-refractivity contribution is 5.72. The Labute approximate surface area is 157 Å². The highest BCUT2D eigenvalue weighted by atomic mass is 15.2. The van der Waals surface area contributed by atoms with Gasteiger partial charge in [-0.05, 0) is 44.2 Å². The monoisotopic (exact) mass is 359 g/mol. The third-order valence-corrected chi connectivity index (χ3v) is 5.25. The Morgan fingerprint density at radius 1 is 1.04 bits per heavy atom. The van der Waals surface area contributed by atoms with Gasteiger partial charge < -0.3 is 4.57 Å². The highest BCUT2D eigenvalue weighted by Crippen LogP contribution is 2.23. The van der Waals surface area contributed by atoms with E-state index in [1.54, 1.807) is 10.7 Å². The summed E-state index contributed by atoms with van der Waals surface area (Å²) in [5, 5.41) is 4.37. The van der Waals surface area contributed by atoms with Crippen molar-refractivity contribution in [2.45, 2.75) is 45.6 Å². The van der Waals surface area contributed by atoms with Gasteiger partial charge in [0.25, 0.3) is 0 Å². The zero-order chi connectivity index (χ0) is 18.2. The topological polar surface area (TPSA) is 73.8 Å². The van der Waals surface area contributed by atoms with Crippen LogP contribution in [0, 0.1) is 6.92 Å². The molecule has 1 aliphatic carbocycles. The van der Waals surface area contributed by atoms with Gasteiger partial charge in [-0.2, -0.15) is 5.10 Å². The molecule has 0 N–H and O–H groups in total. The summed E-state index contributed by atoms with van der Waals surface area (Å²) in [5.74, 6) is 1.80. The predicted octanol–water partition coefficient (Wildman–Crippen LogP) is 2.81. The molecule has 0 atom stereocenters. The minimum atomic E-state index is 0.776. The molecule has 0 unspecified atom stereocenters. The second-order valence-electron chi connectivity index (χ2n) is 7.00. The molecule has 27 heavy (non-hydrogen) atoms. The van der Waals surface area contributed by atoms with Crippen molar-refractivity contribution in [3.05, 3.63) is 59.8 Å². The lowest BCUT2D eigenvalue weighted by Crippen LogP contribution is -2.13. The molecule has 0 spiro atoms. The van der Waals surface area contributed by atoms with Crippen molar-refractivity contribution in [3.63, 3.8) is 0 Å². The lowest BCUT2D eigenvalue weighted by atomic mass is 9.95. The molecule has 136 valence electrons. The van der Waals surface area contributed by atoms with Crippen molar-refractivity contribution < 1.29 is 0 Å². The largest absolute Gasteiger partial charge is 0.330 e. The van der Waals surface area contributed by atoms with Crippen LogP contribution in [0.5, 0.6) is 0 Å². The maximum absolute atomic E-state index is 4.84. The van der Waals surface area contributed by atoms with Crippen molar-refractivity contribution in [1.29, 1.82) is 0 Å². The Balaban J connectivity index is 1.42. The average molecular weight is 359 g/mol. The smallest absolute Gasteiger partial charge is 0.165 e. The van der Waals surface area contributed by atoms with E-state index in [2.05, 4.69) is 26.6 Å². The van der Waals surface area contributed by atoms with Gasteiger partial charge in [0.2, 0.25) is 0 Å². The molecule has 4 aromatic rings. The van der Waals surface area contributed by atoms with E-state index in [1.165, 1.54) is 24.1 Å². The lowest BCUT2D eigenvalue weighted by molar-refractivity contribution is 0.628. The van der Waals surface area contributed by atoms with Gasteiger partial charge in [-0.15, -0.1) is 0 Å². The number of aryl methyl sites for hydroxylation is 4. The molecule has 0 bridgehead atoms. The minimum absolute atomic E-state index is 0.776. The predicted molar refractivity (Wildman–Crippen MR) is 101 cm³/mol. The number of rotatable bonds is 4. The molecule has 1 aliphatic rings. The zero-order valence-electron chi connectivity index (χ0n) is 15.3. The van der Waals surface area contributed by atoms with E-state index in [1.807, 2.05) is 30.9 Å². The van der Waals surface area contributed by atoms with Crippen LogP contribution >= 0.6 is 0 Å². The molecule has 0 fully saturated rings. The summed E-state index contributed by atoms with van der Waals surface area (Å²) in [6, 6.07) is 1.87. The summed E-state index contributed by atoms with van der Waals surface area (Å²) >= 11 is 0. The molecule has 7 heteroatoms. The summed E-state index contributed by atoms with van der Waals surface area (Å²) in [6.07, 6.45) is 14.8. The Kier molecular flexibility index (Phi) is 3.92. The standard InChI is InChI=1S/C20H21N7/c1-14-15-5-2-3-6-17(15)25-18(24-14)7-11-26-12-9-22-19(26)16-13-23-27-10-4-8-21-20(16)27/h4,8-10,12-13H,2-3,5-7,11H2,1H3. The van der Waals surface area contributed by atoms with Crippen LogP contribution in [0.25, 0.3) is 17.0 Å². The minimum Gasteiger partial charge on any atom is -0.330 e. The molecular weight excluding hydrogens is 338 g/mol. The van der Waals surface area contributed by atoms with E-state index in [9.17, 15) is 0 Å². The number of nitrogens with zero attached hydrogens (tertiary/aromatic N) is 7. The van der Waals surface area contributed by atoms with Crippen LogP contribution in [-0.2, 0) is 25.8 Å². The van der Waals surface area contributed by atoms with Gasteiger partial charge in [0.1, 0.15) is 11.6 Å². The lowest BCUT2D eigenvalue weighted by Gasteiger charge is -2.17. The Bertz CT molecular complexity index is 1110. The maximum atomic E-state index is 4.84. The molecule has 7 nitrogen and oxygen atoms in total. The third-order valence-electron chi connectivity index (χ3n) is 5.25. The number of hydrogen-bond acceptors (Lipinski definition) is 5. The van der Waals surface area contributed by atoms with Gasteiger partial charge in [0.15, 0.2) is 5.65 Å². The average Bonchev–Trinajstić information content (AvgIpc) is 3.33. The number of aromatic nitrogens is 7. The number of hydrogen-bond donors (Lipinski definition) is 0. The summed E-state index contributed by atoms with van der Waals surface area (Å²) in [4.78, 5) is 18.6. The van der Waals surface area contributed by atoms with Crippen LogP contribution in [0.15, 0.2) is 37.1 Å². The Morgan fingerprint density at radius 2 is 1.96 bits per heavy atom. The normalized spacial score (nSPS) is 13.8. The first-order chi connectivity index (χ1) is 13.3. The molecule has 0 aromatic carbocycles. The van der Waals surface area contributed by atoms with Crippen LogP contribution in [0.1, 0.15) is 35.6 Å². The van der Waals surface area contributed by atoms with Crippen molar-refractivity contribution >= 4 is 5.65 Å². The quantitative estimate of drug-likeness (QED) is 0.560. The third kappa shape index (κ3) is 2.89. The van der Waals surface area contributed by atoms with Gasteiger partial charge in [-0.1, -0.05) is 0 Å². The van der Waals surface area contributed by atoms with Gasteiger partial charge >= 0.3 is 0 Å². The zero-order valence-corrected chi connectivity index (χ0v) is 15.3. The Morgan fingerprint density at radius 3 is 2.93 bits per heavy atom. The molecule has 4 aromatic heterocycles. The molecule has 4 heterocycles. The summed E-state index contributed by atoms with van der Waals surface area (Å²) < 4.78 is 3.90. The fourth-order valence-electron chi connectivity index (χ4n) is 3.90. The van der Waals surface area contributed by atoms with Crippen LogP contribution in [-0.4, -0.2) is 34.1 Å². The van der Waals surface area contributed by atoms with Gasteiger partial charge in [-0.25, -0.2) is 24.5 Å². The summed E-state index contributed by atoms with van der Waals surface area (Å²) in [6.45, 7) is 2.89. The Hall–Kier alpha value is -3.09. The van der Waals surface area contributed by atoms with Crippen LogP contribution in [0.3, 0.4) is 0 Å². The number of imidazole rings is 1. The first kappa shape index (κ1) is 16.1. The molecule has 0 radical (unpaired) electrons.